The zero-order chi connectivity index (χ0) is 22.4. The van der Waals surface area contributed by atoms with Gasteiger partial charge in [-0.3, -0.25) is 4.79 Å². The largest absolute Gasteiger partial charge is 0.284 e. The van der Waals surface area contributed by atoms with Crippen molar-refractivity contribution in [3.05, 3.63) is 95.4 Å². The number of amides is 1. The third-order valence-corrected chi connectivity index (χ3v) is 5.99. The molecule has 0 aromatic heterocycles. The number of carbonyl (C=O) groups is 1. The van der Waals surface area contributed by atoms with Crippen molar-refractivity contribution in [2.45, 2.75) is 4.90 Å². The van der Waals surface area contributed by atoms with E-state index in [9.17, 15) is 18.1 Å². The number of benzene rings is 3. The Kier molecular flexibility index (Phi) is 6.55. The fourth-order valence-electron chi connectivity index (χ4n) is 2.72. The monoisotopic (exact) mass is 437 g/mol. The van der Waals surface area contributed by atoms with Crippen molar-refractivity contribution >= 4 is 27.7 Å². The first-order chi connectivity index (χ1) is 14.8. The summed E-state index contributed by atoms with van der Waals surface area (Å²) in [7, 11) is -3.98. The van der Waals surface area contributed by atoms with Crippen LogP contribution in [-0.4, -0.2) is 19.4 Å². The molecule has 0 fully saturated rings. The predicted molar refractivity (Wildman–Crippen MR) is 118 cm³/mol. The summed E-state index contributed by atoms with van der Waals surface area (Å²) in [6, 6.07) is 22.1. The predicted octanol–water partition coefficient (Wildman–Crippen LogP) is 2.82. The van der Waals surface area contributed by atoms with Crippen molar-refractivity contribution < 1.29 is 13.2 Å². The van der Waals surface area contributed by atoms with E-state index in [2.05, 4.69) is 5.29 Å². The first-order valence-electron chi connectivity index (χ1n) is 8.98. The number of hydrogen-bond acceptors (Lipinski definition) is 7. The molecule has 31 heavy (non-hydrogen) atoms. The van der Waals surface area contributed by atoms with Gasteiger partial charge in [-0.2, -0.15) is 8.42 Å². The molecule has 0 spiro atoms. The van der Waals surface area contributed by atoms with Crippen molar-refractivity contribution in [1.82, 2.24) is 5.12 Å². The zero-order valence-corrected chi connectivity index (χ0v) is 17.0. The standard InChI is InChI=1S/C21H19N5O4S/c22-25(24-28)21(27)15-8-16-6-11-19(12-7-16)26(23)31(29,30)20-13-9-18(10-14-20)17-4-2-1-3-5-17/h1-15H,22-23H2/b15-8+. The highest BCUT2D eigenvalue weighted by molar-refractivity contribution is 7.92. The number of hydrazine groups is 2. The van der Waals surface area contributed by atoms with Gasteiger partial charge in [0.15, 0.2) is 0 Å². The van der Waals surface area contributed by atoms with E-state index in [1.807, 2.05) is 30.3 Å². The number of rotatable bonds is 7. The van der Waals surface area contributed by atoms with Gasteiger partial charge in [0.2, 0.25) is 0 Å². The minimum absolute atomic E-state index is 0.0497. The first kappa shape index (κ1) is 21.8. The molecule has 0 aliphatic heterocycles. The lowest BCUT2D eigenvalue weighted by molar-refractivity contribution is -0.126. The minimum atomic E-state index is -3.98. The van der Waals surface area contributed by atoms with Crippen molar-refractivity contribution in [2.75, 3.05) is 4.41 Å². The molecule has 3 aromatic rings. The molecule has 0 unspecified atom stereocenters. The molecule has 9 nitrogen and oxygen atoms in total. The summed E-state index contributed by atoms with van der Waals surface area (Å²) in [5, 5.41) is 2.44. The van der Waals surface area contributed by atoms with Gasteiger partial charge >= 0.3 is 0 Å². The van der Waals surface area contributed by atoms with Crippen molar-refractivity contribution in [2.24, 2.45) is 17.0 Å². The molecule has 158 valence electrons. The maximum absolute atomic E-state index is 12.9. The molecule has 0 atom stereocenters. The van der Waals surface area contributed by atoms with Gasteiger partial charge in [-0.1, -0.05) is 54.6 Å². The van der Waals surface area contributed by atoms with Crippen LogP contribution in [0.3, 0.4) is 0 Å². The van der Waals surface area contributed by atoms with E-state index in [-0.39, 0.29) is 15.7 Å². The Morgan fingerprint density at radius 2 is 1.42 bits per heavy atom. The van der Waals surface area contributed by atoms with E-state index in [1.165, 1.54) is 30.3 Å². The van der Waals surface area contributed by atoms with Crippen LogP contribution in [0.4, 0.5) is 5.69 Å². The summed E-state index contributed by atoms with van der Waals surface area (Å²) in [6.07, 6.45) is 2.45. The molecule has 10 heteroatoms. The van der Waals surface area contributed by atoms with Crippen LogP contribution >= 0.6 is 0 Å². The third kappa shape index (κ3) is 5.01. The van der Waals surface area contributed by atoms with Gasteiger partial charge in [-0.05, 0) is 47.0 Å². The summed E-state index contributed by atoms with van der Waals surface area (Å²) in [5.74, 6) is 10.1. The van der Waals surface area contributed by atoms with Crippen LogP contribution in [0.25, 0.3) is 17.2 Å². The highest BCUT2D eigenvalue weighted by atomic mass is 32.2. The smallest absolute Gasteiger partial charge is 0.266 e. The second kappa shape index (κ2) is 9.30. The molecular formula is C21H19N5O4S. The molecule has 4 N–H and O–H groups in total. The number of carbonyl (C=O) groups excluding carboxylic acids is 1. The molecule has 0 aliphatic carbocycles. The molecule has 0 radical (unpaired) electrons. The number of nitrogens with two attached hydrogens (primary N) is 2. The molecule has 0 aliphatic rings. The van der Waals surface area contributed by atoms with Crippen LogP contribution in [0, 0.1) is 4.91 Å². The van der Waals surface area contributed by atoms with Crippen LogP contribution in [0.2, 0.25) is 0 Å². The first-order valence-corrected chi connectivity index (χ1v) is 10.4. The van der Waals surface area contributed by atoms with E-state index < -0.39 is 15.9 Å². The summed E-state index contributed by atoms with van der Waals surface area (Å²) in [6.45, 7) is 0. The molecule has 3 aromatic carbocycles. The number of sulfonamides is 1. The third-order valence-electron chi connectivity index (χ3n) is 4.40. The highest BCUT2D eigenvalue weighted by Gasteiger charge is 2.22. The Balaban J connectivity index is 1.77. The van der Waals surface area contributed by atoms with Crippen LogP contribution in [0.5, 0.6) is 0 Å². The number of hydrogen-bond donors (Lipinski definition) is 2. The number of nitroso groups, excluding NO2 is 1. The van der Waals surface area contributed by atoms with Crippen LogP contribution < -0.4 is 16.1 Å². The van der Waals surface area contributed by atoms with Gasteiger partial charge in [-0.25, -0.2) is 16.1 Å². The van der Waals surface area contributed by atoms with Crippen molar-refractivity contribution in [3.63, 3.8) is 0 Å². The second-order valence-electron chi connectivity index (χ2n) is 6.38. The van der Waals surface area contributed by atoms with E-state index >= 15 is 0 Å². The van der Waals surface area contributed by atoms with Gasteiger partial charge in [0.25, 0.3) is 15.9 Å². The fourth-order valence-corrected chi connectivity index (χ4v) is 3.83. The van der Waals surface area contributed by atoms with Gasteiger partial charge < -0.3 is 0 Å². The Labute approximate surface area is 179 Å². The Morgan fingerprint density at radius 3 is 2.00 bits per heavy atom. The summed E-state index contributed by atoms with van der Waals surface area (Å²) in [4.78, 5) is 21.7. The maximum Gasteiger partial charge on any atom is 0.284 e. The summed E-state index contributed by atoms with van der Waals surface area (Å²) < 4.78 is 26.4. The lowest BCUT2D eigenvalue weighted by Crippen LogP contribution is -2.37. The van der Waals surface area contributed by atoms with E-state index in [4.69, 9.17) is 11.7 Å². The molecular weight excluding hydrogens is 418 g/mol. The average Bonchev–Trinajstić information content (AvgIpc) is 2.82. The van der Waals surface area contributed by atoms with Gasteiger partial charge in [-0.15, -0.1) is 10.0 Å². The Hall–Kier alpha value is -3.86. The SMILES string of the molecule is NN(N=O)C(=O)/C=C/c1ccc(N(N)S(=O)(=O)c2ccc(-c3ccccc3)cc2)cc1. The quantitative estimate of drug-likeness (QED) is 0.192. The Morgan fingerprint density at radius 1 is 0.839 bits per heavy atom. The highest BCUT2D eigenvalue weighted by Crippen LogP contribution is 2.24. The molecule has 0 saturated heterocycles. The molecule has 0 bridgehead atoms. The topological polar surface area (TPSA) is 139 Å². The van der Waals surface area contributed by atoms with Crippen LogP contribution in [0.1, 0.15) is 5.56 Å². The van der Waals surface area contributed by atoms with Crippen molar-refractivity contribution in [3.8, 4) is 11.1 Å². The summed E-state index contributed by atoms with van der Waals surface area (Å²) >= 11 is 0. The average molecular weight is 437 g/mol. The van der Waals surface area contributed by atoms with Crippen LogP contribution in [0.15, 0.2) is 95.1 Å². The lowest BCUT2D eigenvalue weighted by atomic mass is 10.1. The minimum Gasteiger partial charge on any atom is -0.266 e. The second-order valence-corrected chi connectivity index (χ2v) is 8.20. The van der Waals surface area contributed by atoms with Gasteiger partial charge in [0.1, 0.15) is 0 Å². The van der Waals surface area contributed by atoms with E-state index in [0.29, 0.717) is 9.98 Å². The van der Waals surface area contributed by atoms with Gasteiger partial charge in [0, 0.05) is 6.08 Å². The normalized spacial score (nSPS) is 11.3. The molecule has 0 saturated carbocycles. The lowest BCUT2D eigenvalue weighted by Gasteiger charge is -2.19. The van der Waals surface area contributed by atoms with E-state index in [1.54, 1.807) is 24.3 Å². The molecule has 1 amide bonds. The van der Waals surface area contributed by atoms with Gasteiger partial charge in [0.05, 0.1) is 15.9 Å². The van der Waals surface area contributed by atoms with Crippen LogP contribution in [-0.2, 0) is 14.8 Å². The Bertz CT molecular complexity index is 1190. The molecule has 0 heterocycles. The zero-order valence-electron chi connectivity index (χ0n) is 16.2. The van der Waals surface area contributed by atoms with E-state index in [0.717, 1.165) is 17.2 Å². The summed E-state index contributed by atoms with van der Waals surface area (Å²) in [5.41, 5.74) is 2.65. The molecule has 3 rings (SSSR count). The number of nitrogens with zero attached hydrogens (tertiary/aromatic N) is 3. The fraction of sp³-hybridized carbons (Fsp3) is 0. The van der Waals surface area contributed by atoms with Crippen molar-refractivity contribution in [1.29, 1.82) is 0 Å². The maximum atomic E-state index is 12.9. The number of anilines is 1.